The summed E-state index contributed by atoms with van der Waals surface area (Å²) in [5.41, 5.74) is 0.886. The second kappa shape index (κ2) is 3.99. The molecule has 0 fully saturated rings. The van der Waals surface area contributed by atoms with Crippen molar-refractivity contribution in [2.24, 2.45) is 0 Å². The molecule has 66 valence electrons. The predicted molar refractivity (Wildman–Crippen MR) is 54.7 cm³/mol. The van der Waals surface area contributed by atoms with E-state index in [0.717, 1.165) is 5.67 Å². The maximum Gasteiger partial charge on any atom is 0.214 e. The first kappa shape index (κ1) is 11.6. The zero-order valence-corrected chi connectivity index (χ0v) is 11.1. The Hall–Kier alpha value is 0.571. The highest BCUT2D eigenvalue weighted by atomic mass is 28.4. The van der Waals surface area contributed by atoms with Crippen LogP contribution in [0.15, 0.2) is 0 Å². The molecule has 0 aliphatic heterocycles. The molecule has 0 aromatic carbocycles. The van der Waals surface area contributed by atoms with E-state index in [1.807, 2.05) is 13.1 Å². The van der Waals surface area contributed by atoms with Crippen LogP contribution in [0.25, 0.3) is 0 Å². The third-order valence-electron chi connectivity index (χ3n) is 0.883. The van der Waals surface area contributed by atoms with E-state index in [-0.39, 0.29) is 0 Å². The lowest BCUT2D eigenvalue weighted by Gasteiger charge is -2.19. The molecule has 0 rings (SSSR count). The first-order chi connectivity index (χ1) is 4.71. The lowest BCUT2D eigenvalue weighted by Crippen LogP contribution is -2.33. The minimum atomic E-state index is -1.85. The maximum absolute atomic E-state index is 9.50. The molecule has 1 N–H and O–H groups in total. The Morgan fingerprint density at radius 2 is 1.64 bits per heavy atom. The average Bonchev–Trinajstić information content (AvgIpc) is 1.55. The van der Waals surface area contributed by atoms with Crippen molar-refractivity contribution in [2.45, 2.75) is 38.4 Å². The van der Waals surface area contributed by atoms with Crippen molar-refractivity contribution in [2.75, 3.05) is 0 Å². The summed E-state index contributed by atoms with van der Waals surface area (Å²) in [4.78, 5) is 9.50. The van der Waals surface area contributed by atoms with Crippen LogP contribution < -0.4 is 0 Å². The Morgan fingerprint density at radius 3 is 1.91 bits per heavy atom. The molecule has 0 amide bonds. The van der Waals surface area contributed by atoms with Gasteiger partial charge in [0, 0.05) is 0 Å². The highest BCUT2D eigenvalue weighted by Crippen LogP contribution is 2.06. The van der Waals surface area contributed by atoms with Crippen molar-refractivity contribution in [1.82, 2.24) is 0 Å². The Morgan fingerprint density at radius 1 is 1.18 bits per heavy atom. The number of hydrogen-bond donors (Lipinski definition) is 1. The van der Waals surface area contributed by atoms with Gasteiger partial charge in [-0.1, -0.05) is 0 Å². The Labute approximate surface area is 74.2 Å². The smallest absolute Gasteiger partial charge is 0.214 e. The van der Waals surface area contributed by atoms with E-state index in [9.17, 15) is 4.80 Å². The molecule has 0 bridgehead atoms. The van der Waals surface area contributed by atoms with Crippen molar-refractivity contribution in [1.29, 1.82) is 0 Å². The molecular formula is C6H18O2Si3. The van der Waals surface area contributed by atoms with Crippen molar-refractivity contribution >= 4 is 26.4 Å². The van der Waals surface area contributed by atoms with Gasteiger partial charge < -0.3 is 8.91 Å². The van der Waals surface area contributed by atoms with Crippen LogP contribution in [0.1, 0.15) is 0 Å². The SMILES string of the molecule is C[Si](C)(O)C[Si]O[Si](C)(C)C. The van der Waals surface area contributed by atoms with E-state index in [1.54, 1.807) is 0 Å². The van der Waals surface area contributed by atoms with Crippen LogP contribution in [0.3, 0.4) is 0 Å². The Bertz CT molecular complexity index is 100.0. The number of rotatable bonds is 4. The van der Waals surface area contributed by atoms with Gasteiger partial charge in [0.1, 0.15) is 0 Å². The van der Waals surface area contributed by atoms with Crippen LogP contribution in [0, 0.1) is 0 Å². The zero-order valence-electron chi connectivity index (χ0n) is 8.06. The first-order valence-corrected chi connectivity index (χ1v) is 11.5. The van der Waals surface area contributed by atoms with Gasteiger partial charge >= 0.3 is 0 Å². The van der Waals surface area contributed by atoms with E-state index in [0.29, 0.717) is 9.76 Å². The molecule has 0 heterocycles. The molecule has 0 unspecified atom stereocenters. The molecule has 5 heteroatoms. The van der Waals surface area contributed by atoms with Crippen LogP contribution in [-0.2, 0) is 4.12 Å². The molecule has 0 spiro atoms. The van der Waals surface area contributed by atoms with Gasteiger partial charge in [0.15, 0.2) is 16.6 Å². The highest BCUT2D eigenvalue weighted by molar-refractivity contribution is 6.80. The normalized spacial score (nSPS) is 13.6. The molecule has 2 radical (unpaired) electrons. The molecule has 0 saturated carbocycles. The lowest BCUT2D eigenvalue weighted by atomic mass is 11.8. The maximum atomic E-state index is 9.50. The second-order valence-corrected chi connectivity index (χ2v) is 14.7. The third kappa shape index (κ3) is 10.6. The van der Waals surface area contributed by atoms with Gasteiger partial charge in [-0.3, -0.25) is 0 Å². The molecular weight excluding hydrogens is 188 g/mol. The Kier molecular flexibility index (Phi) is 4.20. The molecule has 0 saturated heterocycles. The van der Waals surface area contributed by atoms with Gasteiger partial charge in [-0.05, 0) is 38.4 Å². The van der Waals surface area contributed by atoms with Gasteiger partial charge in [0.25, 0.3) is 0 Å². The quantitative estimate of drug-likeness (QED) is 0.708. The van der Waals surface area contributed by atoms with E-state index < -0.39 is 16.6 Å². The van der Waals surface area contributed by atoms with Gasteiger partial charge in [-0.15, -0.1) is 0 Å². The first-order valence-electron chi connectivity index (χ1n) is 3.84. The van der Waals surface area contributed by atoms with Gasteiger partial charge in [-0.2, -0.15) is 0 Å². The molecule has 0 aromatic rings. The average molecular weight is 206 g/mol. The molecule has 11 heavy (non-hydrogen) atoms. The van der Waals surface area contributed by atoms with Crippen LogP contribution in [0.4, 0.5) is 0 Å². The number of hydrogen-bond acceptors (Lipinski definition) is 2. The fourth-order valence-corrected chi connectivity index (χ4v) is 4.51. The largest absolute Gasteiger partial charge is 0.456 e. The minimum Gasteiger partial charge on any atom is -0.456 e. The van der Waals surface area contributed by atoms with Gasteiger partial charge in [0.2, 0.25) is 9.76 Å². The summed E-state index contributed by atoms with van der Waals surface area (Å²) in [6, 6.07) is 0. The monoisotopic (exact) mass is 206 g/mol. The van der Waals surface area contributed by atoms with Crippen LogP contribution in [0.2, 0.25) is 38.4 Å². The van der Waals surface area contributed by atoms with Gasteiger partial charge in [0.05, 0.1) is 0 Å². The summed E-state index contributed by atoms with van der Waals surface area (Å²) in [5, 5.41) is 0. The fourth-order valence-electron chi connectivity index (χ4n) is 0.429. The van der Waals surface area contributed by atoms with Crippen molar-refractivity contribution in [3.8, 4) is 0 Å². The summed E-state index contributed by atoms with van der Waals surface area (Å²) in [6.45, 7) is 10.4. The zero-order chi connectivity index (χ0) is 9.12. The van der Waals surface area contributed by atoms with E-state index in [1.165, 1.54) is 0 Å². The second-order valence-electron chi connectivity index (χ2n) is 4.35. The van der Waals surface area contributed by atoms with Crippen molar-refractivity contribution in [3.05, 3.63) is 0 Å². The van der Waals surface area contributed by atoms with Crippen LogP contribution in [0.5, 0.6) is 0 Å². The molecule has 0 atom stereocenters. The summed E-state index contributed by atoms with van der Waals surface area (Å²) in [6.07, 6.45) is 0. The molecule has 0 aliphatic rings. The van der Waals surface area contributed by atoms with Crippen LogP contribution in [-0.4, -0.2) is 31.2 Å². The van der Waals surface area contributed by atoms with E-state index >= 15 is 0 Å². The molecule has 2 nitrogen and oxygen atoms in total. The van der Waals surface area contributed by atoms with Crippen molar-refractivity contribution < 1.29 is 8.91 Å². The highest BCUT2D eigenvalue weighted by Gasteiger charge is 2.20. The standard InChI is InChI=1S/C6H18O2Si3/c1-10(2,3)8-9-6-11(4,5)7/h7H,6H2,1-5H3. The third-order valence-corrected chi connectivity index (χ3v) is 7.95. The predicted octanol–water partition coefficient (Wildman–Crippen LogP) is 1.61. The summed E-state index contributed by atoms with van der Waals surface area (Å²) in [5.74, 6) is 0. The molecule has 0 aliphatic carbocycles. The summed E-state index contributed by atoms with van der Waals surface area (Å²) in [7, 11) is -2.67. The van der Waals surface area contributed by atoms with Gasteiger partial charge in [-0.25, -0.2) is 0 Å². The van der Waals surface area contributed by atoms with Crippen molar-refractivity contribution in [3.63, 3.8) is 0 Å². The summed E-state index contributed by atoms with van der Waals surface area (Å²) >= 11 is 0. The van der Waals surface area contributed by atoms with Crippen LogP contribution >= 0.6 is 0 Å². The topological polar surface area (TPSA) is 29.5 Å². The minimum absolute atomic E-state index is 0.508. The fraction of sp³-hybridized carbons (Fsp3) is 1.00. The summed E-state index contributed by atoms with van der Waals surface area (Å²) < 4.78 is 5.65. The van der Waals surface area contributed by atoms with E-state index in [4.69, 9.17) is 4.12 Å². The lowest BCUT2D eigenvalue weighted by molar-refractivity contribution is 0.549. The van der Waals surface area contributed by atoms with E-state index in [2.05, 4.69) is 19.6 Å². The Balaban J connectivity index is 3.44. The molecule has 0 aromatic heterocycles.